The number of sulfonamides is 1. The van der Waals surface area contributed by atoms with Gasteiger partial charge in [-0.05, 0) is 29.8 Å². The number of hydrogen-bond acceptors (Lipinski definition) is 4. The number of thiol groups is 1. The van der Waals surface area contributed by atoms with Crippen molar-refractivity contribution >= 4 is 74.3 Å². The van der Waals surface area contributed by atoms with Crippen LogP contribution in [0.1, 0.15) is 18.0 Å². The first-order valence-corrected chi connectivity index (χ1v) is 10.7. The van der Waals surface area contributed by atoms with Gasteiger partial charge < -0.3 is 10.6 Å². The zero-order chi connectivity index (χ0) is 21.1. The molecule has 0 spiro atoms. The van der Waals surface area contributed by atoms with Crippen molar-refractivity contribution in [1.29, 1.82) is 0 Å². The molecule has 2 aromatic carbocycles. The number of anilines is 1. The Kier molecular flexibility index (Phi) is 7.60. The lowest BCUT2D eigenvalue weighted by atomic mass is 10.0. The Balaban J connectivity index is 2.23. The van der Waals surface area contributed by atoms with Crippen molar-refractivity contribution in [3.63, 3.8) is 0 Å². The molecule has 28 heavy (non-hydrogen) atoms. The molecule has 0 aromatic heterocycles. The molecule has 0 aliphatic heterocycles. The lowest BCUT2D eigenvalue weighted by molar-refractivity contribution is -0.116. The SMILES string of the molecule is NS(=O)(=O)c1ccc(NC(=O)C[C@H](NC(=O)S)c2cccc(Cl)c2Cl)c(Cl)c1. The summed E-state index contributed by atoms with van der Waals surface area (Å²) in [5.74, 6) is -0.520. The molecule has 2 rings (SSSR count). The molecule has 2 amide bonds. The van der Waals surface area contributed by atoms with Crippen LogP contribution in [-0.4, -0.2) is 19.6 Å². The fourth-order valence-corrected chi connectivity index (χ4v) is 3.77. The predicted octanol–water partition coefficient (Wildman–Crippen LogP) is 4.00. The molecule has 2 aromatic rings. The van der Waals surface area contributed by atoms with E-state index in [9.17, 15) is 18.0 Å². The summed E-state index contributed by atoms with van der Waals surface area (Å²) in [6.07, 6.45) is -0.209. The standard InChI is InChI=1S/C16H14Cl3N3O4S2/c17-10-3-1-2-9(15(10)19)13(22-16(24)27)7-14(23)21-12-5-4-8(6-11(12)18)28(20,25)26/h1-6,13H,7H2,(H,21,23)(H2,20,25,26)(H2,22,24,27)/t13-/m0/s1. The average Bonchev–Trinajstić information content (AvgIpc) is 2.57. The Labute approximate surface area is 182 Å². The highest BCUT2D eigenvalue weighted by Crippen LogP contribution is 2.32. The molecule has 0 unspecified atom stereocenters. The van der Waals surface area contributed by atoms with E-state index in [-0.39, 0.29) is 32.1 Å². The summed E-state index contributed by atoms with van der Waals surface area (Å²) in [6, 6.07) is 7.63. The van der Waals surface area contributed by atoms with E-state index in [1.165, 1.54) is 12.1 Å². The second kappa shape index (κ2) is 9.34. The van der Waals surface area contributed by atoms with Crippen LogP contribution < -0.4 is 15.8 Å². The molecule has 1 atom stereocenters. The van der Waals surface area contributed by atoms with Gasteiger partial charge in [0.25, 0.3) is 5.24 Å². The third kappa shape index (κ3) is 6.00. The second-order valence-electron chi connectivity index (χ2n) is 5.58. The highest BCUT2D eigenvalue weighted by molar-refractivity contribution is 7.96. The number of carbonyl (C=O) groups excluding carboxylic acids is 2. The maximum atomic E-state index is 12.4. The largest absolute Gasteiger partial charge is 0.340 e. The number of benzene rings is 2. The van der Waals surface area contributed by atoms with Crippen LogP contribution in [0.5, 0.6) is 0 Å². The summed E-state index contributed by atoms with van der Waals surface area (Å²) in [5, 5.41) is 9.87. The van der Waals surface area contributed by atoms with E-state index in [4.69, 9.17) is 39.9 Å². The average molecular weight is 483 g/mol. The first-order valence-electron chi connectivity index (χ1n) is 7.54. The summed E-state index contributed by atoms with van der Waals surface area (Å²) >= 11 is 21.8. The van der Waals surface area contributed by atoms with Crippen LogP contribution in [0.2, 0.25) is 15.1 Å². The topological polar surface area (TPSA) is 118 Å². The third-order valence-electron chi connectivity index (χ3n) is 3.59. The lowest BCUT2D eigenvalue weighted by Gasteiger charge is -2.19. The quantitative estimate of drug-likeness (QED) is 0.465. The van der Waals surface area contributed by atoms with E-state index in [0.29, 0.717) is 5.56 Å². The number of halogens is 3. The first-order chi connectivity index (χ1) is 13.0. The summed E-state index contributed by atoms with van der Waals surface area (Å²) in [5.41, 5.74) is 0.606. The van der Waals surface area contributed by atoms with Gasteiger partial charge in [0.15, 0.2) is 0 Å². The zero-order valence-electron chi connectivity index (χ0n) is 13.9. The number of rotatable bonds is 6. The smallest absolute Gasteiger partial charge is 0.276 e. The van der Waals surface area contributed by atoms with Crippen LogP contribution in [0.4, 0.5) is 10.5 Å². The minimum atomic E-state index is -3.93. The van der Waals surface area contributed by atoms with Crippen molar-refractivity contribution in [2.75, 3.05) is 5.32 Å². The van der Waals surface area contributed by atoms with Crippen LogP contribution in [0, 0.1) is 0 Å². The number of amides is 2. The van der Waals surface area contributed by atoms with Gasteiger partial charge in [0.1, 0.15) is 0 Å². The van der Waals surface area contributed by atoms with Crippen LogP contribution in [0.15, 0.2) is 41.3 Å². The molecule has 0 bridgehead atoms. The Morgan fingerprint density at radius 3 is 2.36 bits per heavy atom. The highest BCUT2D eigenvalue weighted by atomic mass is 35.5. The number of nitrogens with one attached hydrogen (secondary N) is 2. The number of primary sulfonamides is 1. The molecule has 0 heterocycles. The van der Waals surface area contributed by atoms with Crippen LogP contribution in [-0.2, 0) is 14.8 Å². The maximum absolute atomic E-state index is 12.4. The molecule has 0 radical (unpaired) electrons. The molecule has 150 valence electrons. The van der Waals surface area contributed by atoms with Crippen LogP contribution in [0.25, 0.3) is 0 Å². The molecular weight excluding hydrogens is 469 g/mol. The monoisotopic (exact) mass is 481 g/mol. The Morgan fingerprint density at radius 1 is 1.11 bits per heavy atom. The molecule has 0 aliphatic carbocycles. The normalized spacial score (nSPS) is 12.3. The molecule has 0 saturated carbocycles. The zero-order valence-corrected chi connectivity index (χ0v) is 17.9. The minimum Gasteiger partial charge on any atom is -0.340 e. The van der Waals surface area contributed by atoms with Crippen molar-refractivity contribution in [2.45, 2.75) is 17.4 Å². The summed E-state index contributed by atoms with van der Waals surface area (Å²) in [6.45, 7) is 0. The van der Waals surface area contributed by atoms with Gasteiger partial charge >= 0.3 is 0 Å². The Bertz CT molecular complexity index is 1030. The van der Waals surface area contributed by atoms with Crippen molar-refractivity contribution in [3.05, 3.63) is 57.0 Å². The number of nitrogens with two attached hydrogens (primary N) is 1. The summed E-state index contributed by atoms with van der Waals surface area (Å²) in [7, 11) is -3.93. The number of carbonyl (C=O) groups is 2. The maximum Gasteiger partial charge on any atom is 0.276 e. The van der Waals surface area contributed by atoms with Gasteiger partial charge in [-0.3, -0.25) is 9.59 Å². The van der Waals surface area contributed by atoms with Gasteiger partial charge in [-0.1, -0.05) is 59.6 Å². The molecule has 12 heteroatoms. The van der Waals surface area contributed by atoms with Crippen molar-refractivity contribution < 1.29 is 18.0 Å². The molecule has 0 aliphatic rings. The van der Waals surface area contributed by atoms with E-state index in [1.807, 2.05) is 0 Å². The molecule has 4 N–H and O–H groups in total. The molecule has 7 nitrogen and oxygen atoms in total. The Morgan fingerprint density at radius 2 is 1.79 bits per heavy atom. The predicted molar refractivity (Wildman–Crippen MR) is 113 cm³/mol. The lowest BCUT2D eigenvalue weighted by Crippen LogP contribution is -2.28. The van der Waals surface area contributed by atoms with Gasteiger partial charge in [-0.25, -0.2) is 13.6 Å². The van der Waals surface area contributed by atoms with Gasteiger partial charge in [-0.2, -0.15) is 0 Å². The summed E-state index contributed by atoms with van der Waals surface area (Å²) < 4.78 is 22.7. The van der Waals surface area contributed by atoms with Gasteiger partial charge in [0.05, 0.1) is 38.1 Å². The van der Waals surface area contributed by atoms with E-state index in [1.54, 1.807) is 18.2 Å². The Hall–Kier alpha value is -1.49. The van der Waals surface area contributed by atoms with Crippen LogP contribution >= 0.6 is 47.4 Å². The van der Waals surface area contributed by atoms with Crippen LogP contribution in [0.3, 0.4) is 0 Å². The van der Waals surface area contributed by atoms with Crippen molar-refractivity contribution in [1.82, 2.24) is 5.32 Å². The first kappa shape index (κ1) is 22.8. The number of hydrogen-bond donors (Lipinski definition) is 4. The third-order valence-corrected chi connectivity index (χ3v) is 5.77. The van der Waals surface area contributed by atoms with E-state index < -0.39 is 27.2 Å². The fourth-order valence-electron chi connectivity index (χ4n) is 2.34. The minimum absolute atomic E-state index is 0.0181. The van der Waals surface area contributed by atoms with E-state index >= 15 is 0 Å². The van der Waals surface area contributed by atoms with Gasteiger partial charge in [-0.15, -0.1) is 0 Å². The van der Waals surface area contributed by atoms with Gasteiger partial charge in [0.2, 0.25) is 15.9 Å². The molecular formula is C16H14Cl3N3O4S2. The second-order valence-corrected chi connectivity index (χ2v) is 8.74. The molecule has 0 fully saturated rings. The fraction of sp³-hybridized carbons (Fsp3) is 0.125. The van der Waals surface area contributed by atoms with E-state index in [0.717, 1.165) is 6.07 Å². The van der Waals surface area contributed by atoms with Crippen molar-refractivity contribution in [3.8, 4) is 0 Å². The van der Waals surface area contributed by atoms with Gasteiger partial charge in [0, 0.05) is 0 Å². The summed E-state index contributed by atoms with van der Waals surface area (Å²) in [4.78, 5) is 23.7. The van der Waals surface area contributed by atoms with E-state index in [2.05, 4.69) is 23.3 Å². The van der Waals surface area contributed by atoms with Crippen molar-refractivity contribution in [2.24, 2.45) is 5.14 Å². The molecule has 0 saturated heterocycles. The highest BCUT2D eigenvalue weighted by Gasteiger charge is 2.22.